The van der Waals surface area contributed by atoms with Gasteiger partial charge in [0.1, 0.15) is 35.4 Å². The average Bonchev–Trinajstić information content (AvgIpc) is 3.56. The van der Waals surface area contributed by atoms with Gasteiger partial charge in [0.25, 0.3) is 0 Å². The fourth-order valence-electron chi connectivity index (χ4n) is 4.80. The van der Waals surface area contributed by atoms with Crippen LogP contribution in [0.25, 0.3) is 5.69 Å². The molecule has 2 heterocycles. The molecule has 3 aromatic rings. The summed E-state index contributed by atoms with van der Waals surface area (Å²) in [5.74, 6) is -1.41. The summed E-state index contributed by atoms with van der Waals surface area (Å²) >= 11 is 0. The molecule has 43 heavy (non-hydrogen) atoms. The third-order valence-corrected chi connectivity index (χ3v) is 6.93. The number of carbonyl (C=O) groups excluding carboxylic acids is 2. The van der Waals surface area contributed by atoms with Crippen LogP contribution in [-0.4, -0.2) is 63.0 Å². The number of hydrogen-bond donors (Lipinski definition) is 1. The molecule has 10 nitrogen and oxygen atoms in total. The van der Waals surface area contributed by atoms with Crippen LogP contribution in [0.5, 0.6) is 5.75 Å². The molecule has 1 atom stereocenters. The molecule has 0 bridgehead atoms. The molecule has 2 amide bonds. The van der Waals surface area contributed by atoms with E-state index in [4.69, 9.17) is 9.47 Å². The van der Waals surface area contributed by atoms with E-state index in [0.29, 0.717) is 23.4 Å². The highest BCUT2D eigenvalue weighted by Gasteiger charge is 2.37. The molecule has 0 saturated heterocycles. The van der Waals surface area contributed by atoms with E-state index in [1.807, 2.05) is 0 Å². The van der Waals surface area contributed by atoms with Crippen LogP contribution in [0.3, 0.4) is 0 Å². The summed E-state index contributed by atoms with van der Waals surface area (Å²) in [6.07, 6.45) is -5.48. The molecule has 1 aliphatic heterocycles. The van der Waals surface area contributed by atoms with Crippen molar-refractivity contribution in [2.24, 2.45) is 0 Å². The quantitative estimate of drug-likeness (QED) is 0.368. The van der Waals surface area contributed by atoms with E-state index >= 15 is 0 Å². The van der Waals surface area contributed by atoms with E-state index in [9.17, 15) is 32.7 Å². The minimum atomic E-state index is -4.62. The lowest BCUT2D eigenvalue weighted by Gasteiger charge is -2.29. The standard InChI is InChI=1S/C30H33F3N4O6/c1-18-21-13-14-36(26(38)16-23(27(39)40)35(5)28(41)43-29(2,3)4)22(21)11-12-24(18)42-17-19-15-25(30(31,32)33)37(34-19)20-9-7-6-8-10-20/h6-12,15,23H,13-14,16-17H2,1-5H3,(H,39,40). The smallest absolute Gasteiger partial charge is 0.433 e. The van der Waals surface area contributed by atoms with Gasteiger partial charge in [0.15, 0.2) is 0 Å². The largest absolute Gasteiger partial charge is 0.487 e. The first-order chi connectivity index (χ1) is 20.1. The summed E-state index contributed by atoms with van der Waals surface area (Å²) < 4.78 is 53.1. The molecular weight excluding hydrogens is 569 g/mol. The number of nitrogens with zero attached hydrogens (tertiary/aromatic N) is 4. The molecule has 0 spiro atoms. The van der Waals surface area contributed by atoms with Crippen molar-refractivity contribution in [3.63, 3.8) is 0 Å². The van der Waals surface area contributed by atoms with E-state index in [-0.39, 0.29) is 24.5 Å². The van der Waals surface area contributed by atoms with Gasteiger partial charge in [0.2, 0.25) is 5.91 Å². The Morgan fingerprint density at radius 2 is 1.77 bits per heavy atom. The first-order valence-corrected chi connectivity index (χ1v) is 13.5. The van der Waals surface area contributed by atoms with Crippen molar-refractivity contribution in [3.05, 3.63) is 71.0 Å². The third kappa shape index (κ3) is 7.09. The van der Waals surface area contributed by atoms with E-state index in [1.165, 1.54) is 24.1 Å². The zero-order valence-electron chi connectivity index (χ0n) is 24.4. The van der Waals surface area contributed by atoms with Gasteiger partial charge >= 0.3 is 18.2 Å². The van der Waals surface area contributed by atoms with Crippen LogP contribution in [0.4, 0.5) is 23.7 Å². The molecule has 1 aromatic heterocycles. The SMILES string of the molecule is Cc1c(OCc2cc(C(F)(F)F)n(-c3ccccc3)n2)ccc2c1CCN2C(=O)CC(C(=O)O)N(C)C(=O)OC(C)(C)C. The Labute approximate surface area is 246 Å². The van der Waals surface area contributed by atoms with Gasteiger partial charge in [-0.05, 0) is 75.6 Å². The minimum absolute atomic E-state index is 0.0849. The Balaban J connectivity index is 1.48. The number of carbonyl (C=O) groups is 3. The molecule has 4 rings (SSSR count). The second kappa shape index (κ2) is 12.0. The molecule has 13 heteroatoms. The van der Waals surface area contributed by atoms with Crippen molar-refractivity contribution in [3.8, 4) is 11.4 Å². The van der Waals surface area contributed by atoms with Gasteiger partial charge in [-0.15, -0.1) is 0 Å². The molecular formula is C30H33F3N4O6. The topological polar surface area (TPSA) is 114 Å². The lowest BCUT2D eigenvalue weighted by atomic mass is 10.1. The third-order valence-electron chi connectivity index (χ3n) is 6.93. The van der Waals surface area contributed by atoms with Crippen molar-refractivity contribution in [2.75, 3.05) is 18.5 Å². The summed E-state index contributed by atoms with van der Waals surface area (Å²) in [4.78, 5) is 40.0. The Hall–Kier alpha value is -4.55. The number of carboxylic acids is 1. The zero-order valence-corrected chi connectivity index (χ0v) is 24.4. The summed E-state index contributed by atoms with van der Waals surface area (Å²) in [5, 5.41) is 13.9. The molecule has 0 fully saturated rings. The molecule has 2 aromatic carbocycles. The van der Waals surface area contributed by atoms with Crippen molar-refractivity contribution in [1.29, 1.82) is 0 Å². The van der Waals surface area contributed by atoms with Crippen LogP contribution >= 0.6 is 0 Å². The van der Waals surface area contributed by atoms with Gasteiger partial charge in [0.05, 0.1) is 12.1 Å². The maximum Gasteiger partial charge on any atom is 0.433 e. The molecule has 1 unspecified atom stereocenters. The van der Waals surface area contributed by atoms with Crippen LogP contribution in [0.15, 0.2) is 48.5 Å². The molecule has 0 aliphatic carbocycles. The second-order valence-corrected chi connectivity index (χ2v) is 11.2. The minimum Gasteiger partial charge on any atom is -0.487 e. The van der Waals surface area contributed by atoms with Gasteiger partial charge in [-0.2, -0.15) is 18.3 Å². The fourth-order valence-corrected chi connectivity index (χ4v) is 4.80. The normalized spacial score (nSPS) is 13.8. The molecule has 230 valence electrons. The average molecular weight is 603 g/mol. The predicted molar refractivity (Wildman–Crippen MR) is 150 cm³/mol. The number of likely N-dealkylation sites (N-methyl/N-ethyl adjacent to an activating group) is 1. The number of carboxylic acid groups (broad SMARTS) is 1. The number of anilines is 1. The zero-order chi connectivity index (χ0) is 31.7. The number of ether oxygens (including phenoxy) is 2. The number of fused-ring (bicyclic) bond motifs is 1. The number of amides is 2. The summed E-state index contributed by atoms with van der Waals surface area (Å²) in [6, 6.07) is 10.8. The highest BCUT2D eigenvalue weighted by Crippen LogP contribution is 2.37. The second-order valence-electron chi connectivity index (χ2n) is 11.2. The van der Waals surface area contributed by atoms with Gasteiger partial charge in [-0.3, -0.25) is 9.69 Å². The molecule has 1 aliphatic rings. The monoisotopic (exact) mass is 602 g/mol. The highest BCUT2D eigenvalue weighted by molar-refractivity contribution is 5.98. The maximum absolute atomic E-state index is 13.7. The number of hydrogen-bond acceptors (Lipinski definition) is 6. The lowest BCUT2D eigenvalue weighted by molar-refractivity contribution is -0.144. The number of benzene rings is 2. The summed E-state index contributed by atoms with van der Waals surface area (Å²) in [5.41, 5.74) is 0.659. The highest BCUT2D eigenvalue weighted by atomic mass is 19.4. The number of aromatic nitrogens is 2. The first kappa shape index (κ1) is 31.4. The number of aliphatic carboxylic acids is 1. The lowest BCUT2D eigenvalue weighted by Crippen LogP contribution is -2.47. The van der Waals surface area contributed by atoms with Crippen molar-refractivity contribution >= 4 is 23.7 Å². The number of halogens is 3. The summed E-state index contributed by atoms with van der Waals surface area (Å²) in [6.45, 7) is 6.80. The van der Waals surface area contributed by atoms with E-state index < -0.39 is 47.9 Å². The van der Waals surface area contributed by atoms with E-state index in [0.717, 1.165) is 21.2 Å². The van der Waals surface area contributed by atoms with E-state index in [1.54, 1.807) is 58.0 Å². The van der Waals surface area contributed by atoms with Crippen LogP contribution in [0.1, 0.15) is 49.7 Å². The van der Waals surface area contributed by atoms with Crippen LogP contribution in [-0.2, 0) is 33.5 Å². The Morgan fingerprint density at radius 1 is 1.09 bits per heavy atom. The van der Waals surface area contributed by atoms with E-state index in [2.05, 4.69) is 5.10 Å². The Morgan fingerprint density at radius 3 is 2.37 bits per heavy atom. The maximum atomic E-state index is 13.7. The summed E-state index contributed by atoms with van der Waals surface area (Å²) in [7, 11) is 1.27. The van der Waals surface area contributed by atoms with Gasteiger partial charge in [0, 0.05) is 19.3 Å². The van der Waals surface area contributed by atoms with Crippen molar-refractivity contribution in [2.45, 2.75) is 65.0 Å². The van der Waals surface area contributed by atoms with Gasteiger partial charge in [-0.1, -0.05) is 18.2 Å². The van der Waals surface area contributed by atoms with Crippen LogP contribution in [0.2, 0.25) is 0 Å². The Bertz CT molecular complexity index is 1510. The van der Waals surface area contributed by atoms with Gasteiger partial charge < -0.3 is 19.5 Å². The first-order valence-electron chi connectivity index (χ1n) is 13.5. The van der Waals surface area contributed by atoms with Crippen LogP contribution in [0, 0.1) is 6.92 Å². The van der Waals surface area contributed by atoms with Crippen molar-refractivity contribution in [1.82, 2.24) is 14.7 Å². The van der Waals surface area contributed by atoms with Gasteiger partial charge in [-0.25, -0.2) is 14.3 Å². The molecule has 0 radical (unpaired) electrons. The predicted octanol–water partition coefficient (Wildman–Crippen LogP) is 5.38. The molecule has 1 N–H and O–H groups in total. The fraction of sp³-hybridized carbons (Fsp3) is 0.400. The van der Waals surface area contributed by atoms with Crippen LogP contribution < -0.4 is 9.64 Å². The number of alkyl halides is 3. The number of rotatable bonds is 8. The molecule has 0 saturated carbocycles. The van der Waals surface area contributed by atoms with Crippen molar-refractivity contribution < 1.29 is 42.1 Å². The number of para-hydroxylation sites is 1. The Kier molecular flexibility index (Phi) is 8.74.